The highest BCUT2D eigenvalue weighted by Crippen LogP contribution is 2.34. The highest BCUT2D eigenvalue weighted by molar-refractivity contribution is 7.91. The van der Waals surface area contributed by atoms with Crippen molar-refractivity contribution in [2.45, 2.75) is 37.1 Å². The molecule has 12 nitrogen and oxygen atoms in total. The van der Waals surface area contributed by atoms with Crippen LogP contribution in [0.15, 0.2) is 47.4 Å². The van der Waals surface area contributed by atoms with Crippen LogP contribution < -0.4 is 21.1 Å². The third kappa shape index (κ3) is 7.60. The van der Waals surface area contributed by atoms with Crippen LogP contribution in [0.1, 0.15) is 36.5 Å². The third-order valence-electron chi connectivity index (χ3n) is 8.33. The van der Waals surface area contributed by atoms with Gasteiger partial charge in [-0.3, -0.25) is 9.69 Å². The second kappa shape index (κ2) is 14.2. The molecule has 5 rings (SSSR count). The number of nitrogen functional groups attached to an aromatic ring is 1. The number of likely N-dealkylation sites (tertiary alicyclic amines) is 1. The summed E-state index contributed by atoms with van der Waals surface area (Å²) in [5, 5.41) is 6.16. The number of sulfone groups is 1. The van der Waals surface area contributed by atoms with E-state index in [4.69, 9.17) is 22.1 Å². The van der Waals surface area contributed by atoms with E-state index in [1.807, 2.05) is 11.8 Å². The molecule has 45 heavy (non-hydrogen) atoms. The number of methoxy groups -OCH3 is 1. The molecule has 0 unspecified atom stereocenters. The molecule has 0 atom stereocenters. The number of rotatable bonds is 10. The van der Waals surface area contributed by atoms with Crippen molar-refractivity contribution in [2.75, 3.05) is 75.5 Å². The van der Waals surface area contributed by atoms with Gasteiger partial charge in [0.05, 0.1) is 29.1 Å². The average molecular weight is 657 g/mol. The lowest BCUT2D eigenvalue weighted by Crippen LogP contribution is -2.52. The van der Waals surface area contributed by atoms with Crippen molar-refractivity contribution in [3.8, 4) is 5.75 Å². The summed E-state index contributed by atoms with van der Waals surface area (Å²) < 4.78 is 31.3. The van der Waals surface area contributed by atoms with E-state index in [1.165, 1.54) is 13.2 Å². The Bertz CT molecular complexity index is 1620. The van der Waals surface area contributed by atoms with E-state index in [9.17, 15) is 13.2 Å². The van der Waals surface area contributed by atoms with E-state index in [0.29, 0.717) is 48.2 Å². The van der Waals surface area contributed by atoms with E-state index < -0.39 is 9.84 Å². The summed E-state index contributed by atoms with van der Waals surface area (Å²) in [6, 6.07) is 12.2. The Morgan fingerprint density at radius 3 is 2.42 bits per heavy atom. The number of nitrogens with two attached hydrogens (primary N) is 1. The number of anilines is 5. The van der Waals surface area contributed by atoms with Gasteiger partial charge in [0, 0.05) is 50.9 Å². The van der Waals surface area contributed by atoms with Gasteiger partial charge in [0.15, 0.2) is 15.7 Å². The molecule has 3 heterocycles. The number of aromatic nitrogens is 2. The van der Waals surface area contributed by atoms with Crippen LogP contribution in [0.5, 0.6) is 5.75 Å². The van der Waals surface area contributed by atoms with Gasteiger partial charge < -0.3 is 30.9 Å². The number of piperidine rings is 1. The standard InChI is InChI=1S/C31H41ClN8O4S/c1-4-19-45(42,43)26-8-6-5-7-24(26)34-29-27(32)28(33)36-31(37-29)35-23-10-9-21(20-25(23)44-3)30(41)40-13-11-22(12-14-40)39-17-15-38(2)16-18-39/h5-10,20,22H,4,11-19H2,1-3H3,(H4,33,34,35,36,37). The fourth-order valence-corrected chi connectivity index (χ4v) is 7.43. The topological polar surface area (TPSA) is 146 Å². The van der Waals surface area contributed by atoms with Crippen molar-refractivity contribution >= 4 is 56.3 Å². The third-order valence-corrected chi connectivity index (χ3v) is 10.7. The lowest BCUT2D eigenvalue weighted by Gasteiger charge is -2.42. The molecular formula is C31H41ClN8O4S. The number of likely N-dealkylation sites (N-methyl/N-ethyl adjacent to an activating group) is 1. The number of carbonyl (C=O) groups is 1. The second-order valence-electron chi connectivity index (χ2n) is 11.4. The van der Waals surface area contributed by atoms with Gasteiger partial charge in [-0.15, -0.1) is 0 Å². The van der Waals surface area contributed by atoms with Gasteiger partial charge >= 0.3 is 0 Å². The molecule has 4 N–H and O–H groups in total. The number of benzene rings is 2. The van der Waals surface area contributed by atoms with Gasteiger partial charge in [0.1, 0.15) is 16.6 Å². The maximum Gasteiger partial charge on any atom is 0.253 e. The summed E-state index contributed by atoms with van der Waals surface area (Å²) in [6.45, 7) is 7.57. The molecule has 0 saturated carbocycles. The smallest absolute Gasteiger partial charge is 0.253 e. The predicted octanol–water partition coefficient (Wildman–Crippen LogP) is 4.24. The van der Waals surface area contributed by atoms with Gasteiger partial charge in [-0.25, -0.2) is 8.42 Å². The number of para-hydroxylation sites is 1. The zero-order valence-corrected chi connectivity index (χ0v) is 27.5. The number of amides is 1. The van der Waals surface area contributed by atoms with Crippen molar-refractivity contribution in [2.24, 2.45) is 0 Å². The van der Waals surface area contributed by atoms with Crippen molar-refractivity contribution in [3.63, 3.8) is 0 Å². The van der Waals surface area contributed by atoms with Gasteiger partial charge in [0.2, 0.25) is 5.95 Å². The Balaban J connectivity index is 1.30. The highest BCUT2D eigenvalue weighted by atomic mass is 35.5. The summed E-state index contributed by atoms with van der Waals surface area (Å²) in [6.07, 6.45) is 2.41. The number of halogens is 1. The van der Waals surface area contributed by atoms with Gasteiger partial charge in [0.25, 0.3) is 5.91 Å². The highest BCUT2D eigenvalue weighted by Gasteiger charge is 2.29. The Hall–Kier alpha value is -3.65. The molecule has 2 fully saturated rings. The maximum absolute atomic E-state index is 13.4. The molecule has 0 radical (unpaired) electrons. The molecule has 2 saturated heterocycles. The van der Waals surface area contributed by atoms with Crippen LogP contribution in [0.4, 0.5) is 29.0 Å². The number of carbonyl (C=O) groups excluding carboxylic acids is 1. The minimum Gasteiger partial charge on any atom is -0.495 e. The minimum absolute atomic E-state index is 0.00342. The summed E-state index contributed by atoms with van der Waals surface area (Å²) >= 11 is 6.43. The molecular weight excluding hydrogens is 616 g/mol. The average Bonchev–Trinajstić information content (AvgIpc) is 3.04. The van der Waals surface area contributed by atoms with E-state index in [0.717, 1.165) is 39.0 Å². The summed E-state index contributed by atoms with van der Waals surface area (Å²) in [5.41, 5.74) is 7.48. The second-order valence-corrected chi connectivity index (χ2v) is 13.9. The first-order chi connectivity index (χ1) is 21.6. The van der Waals surface area contributed by atoms with E-state index >= 15 is 0 Å². The molecule has 0 bridgehead atoms. The summed E-state index contributed by atoms with van der Waals surface area (Å²) in [7, 11) is 0.152. The molecule has 0 aliphatic carbocycles. The zero-order chi connectivity index (χ0) is 32.1. The fraction of sp³-hybridized carbons (Fsp3) is 0.452. The summed E-state index contributed by atoms with van der Waals surface area (Å²) in [4.78, 5) is 29.1. The Morgan fingerprint density at radius 2 is 1.73 bits per heavy atom. The van der Waals surface area contributed by atoms with E-state index in [1.54, 1.807) is 36.4 Å². The Morgan fingerprint density at radius 1 is 1.02 bits per heavy atom. The quantitative estimate of drug-likeness (QED) is 0.288. The molecule has 242 valence electrons. The number of piperazine rings is 1. The van der Waals surface area contributed by atoms with E-state index in [-0.39, 0.29) is 39.2 Å². The van der Waals surface area contributed by atoms with Crippen LogP contribution in [0.25, 0.3) is 0 Å². The van der Waals surface area contributed by atoms with Crippen LogP contribution in [0.2, 0.25) is 5.02 Å². The molecule has 14 heteroatoms. The lowest BCUT2D eigenvalue weighted by atomic mass is 10.0. The van der Waals surface area contributed by atoms with Crippen molar-refractivity contribution in [1.29, 1.82) is 0 Å². The molecule has 3 aromatic rings. The largest absolute Gasteiger partial charge is 0.495 e. The van der Waals surface area contributed by atoms with E-state index in [2.05, 4.69) is 37.4 Å². The first kappa shape index (κ1) is 32.7. The Labute approximate surface area is 269 Å². The van der Waals surface area contributed by atoms with Crippen LogP contribution in [-0.2, 0) is 9.84 Å². The van der Waals surface area contributed by atoms with Gasteiger partial charge in [-0.05, 0) is 56.6 Å². The van der Waals surface area contributed by atoms with Crippen molar-refractivity contribution in [1.82, 2.24) is 24.7 Å². The molecule has 2 aromatic carbocycles. The van der Waals surface area contributed by atoms with Crippen molar-refractivity contribution in [3.05, 3.63) is 53.1 Å². The summed E-state index contributed by atoms with van der Waals surface area (Å²) in [5.74, 6) is 0.637. The number of hydrogen-bond donors (Lipinski definition) is 3. The number of ether oxygens (including phenoxy) is 1. The zero-order valence-electron chi connectivity index (χ0n) is 25.9. The van der Waals surface area contributed by atoms with Crippen molar-refractivity contribution < 1.29 is 17.9 Å². The molecule has 1 aromatic heterocycles. The van der Waals surface area contributed by atoms with Crippen LogP contribution in [-0.4, -0.2) is 104 Å². The van der Waals surface area contributed by atoms with Gasteiger partial charge in [-0.2, -0.15) is 9.97 Å². The first-order valence-electron chi connectivity index (χ1n) is 15.2. The first-order valence-corrected chi connectivity index (χ1v) is 17.2. The number of nitrogens with zero attached hydrogens (tertiary/aromatic N) is 5. The normalized spacial score (nSPS) is 16.8. The lowest BCUT2D eigenvalue weighted by molar-refractivity contribution is 0.0518. The number of hydrogen-bond acceptors (Lipinski definition) is 11. The SMILES string of the molecule is CCCS(=O)(=O)c1ccccc1Nc1nc(Nc2ccc(C(=O)N3CCC(N4CCN(C)CC4)CC3)cc2OC)nc(N)c1Cl. The van der Waals surface area contributed by atoms with Gasteiger partial charge in [-0.1, -0.05) is 30.7 Å². The fourth-order valence-electron chi connectivity index (χ4n) is 5.80. The predicted molar refractivity (Wildman–Crippen MR) is 178 cm³/mol. The van der Waals surface area contributed by atoms with Crippen LogP contribution >= 0.6 is 11.6 Å². The maximum atomic E-state index is 13.4. The number of nitrogens with one attached hydrogen (secondary N) is 2. The Kier molecular flexibility index (Phi) is 10.3. The minimum atomic E-state index is -3.53. The molecule has 2 aliphatic rings. The molecule has 2 aliphatic heterocycles. The molecule has 0 spiro atoms. The molecule has 1 amide bonds. The monoisotopic (exact) mass is 656 g/mol. The van der Waals surface area contributed by atoms with Crippen LogP contribution in [0.3, 0.4) is 0 Å². The van der Waals surface area contributed by atoms with Crippen LogP contribution in [0, 0.1) is 0 Å².